The van der Waals surface area contributed by atoms with Crippen LogP contribution in [0.4, 0.5) is 0 Å². The second-order valence-electron chi connectivity index (χ2n) is 4.36. The molecule has 1 aromatic rings. The van der Waals surface area contributed by atoms with Gasteiger partial charge in [0.2, 0.25) is 0 Å². The van der Waals surface area contributed by atoms with Crippen molar-refractivity contribution in [1.82, 2.24) is 15.1 Å². The average molecular weight is 209 g/mol. The normalized spacial score (nSPS) is 26.8. The van der Waals surface area contributed by atoms with Crippen LogP contribution in [0.3, 0.4) is 0 Å². The first-order valence-electron chi connectivity index (χ1n) is 5.64. The lowest BCUT2D eigenvalue weighted by Crippen LogP contribution is -2.41. The van der Waals surface area contributed by atoms with Gasteiger partial charge in [-0.2, -0.15) is 5.10 Å². The van der Waals surface area contributed by atoms with Crippen LogP contribution in [0.25, 0.3) is 0 Å². The molecule has 1 saturated carbocycles. The Morgan fingerprint density at radius 1 is 1.53 bits per heavy atom. The number of hydrogen-bond acceptors (Lipinski definition) is 3. The fourth-order valence-corrected chi connectivity index (χ4v) is 2.16. The number of aliphatic hydroxyl groups is 1. The number of aryl methyl sites for hydroxylation is 1. The quantitative estimate of drug-likeness (QED) is 0.774. The lowest BCUT2D eigenvalue weighted by Gasteiger charge is -2.28. The smallest absolute Gasteiger partial charge is 0.0693 e. The lowest BCUT2D eigenvalue weighted by atomic mass is 9.92. The monoisotopic (exact) mass is 209 g/mol. The second-order valence-corrected chi connectivity index (χ2v) is 4.36. The molecule has 0 saturated heterocycles. The Morgan fingerprint density at radius 2 is 2.33 bits per heavy atom. The first-order valence-corrected chi connectivity index (χ1v) is 5.64. The summed E-state index contributed by atoms with van der Waals surface area (Å²) in [6, 6.07) is 0.263. The zero-order valence-corrected chi connectivity index (χ0v) is 9.19. The topological polar surface area (TPSA) is 50.1 Å². The van der Waals surface area contributed by atoms with Crippen LogP contribution in [0.15, 0.2) is 12.4 Å². The Labute approximate surface area is 90.3 Å². The first-order chi connectivity index (χ1) is 7.25. The summed E-state index contributed by atoms with van der Waals surface area (Å²) in [5.74, 6) is 0. The highest BCUT2D eigenvalue weighted by Crippen LogP contribution is 2.18. The van der Waals surface area contributed by atoms with Crippen LogP contribution >= 0.6 is 0 Å². The molecule has 2 unspecified atom stereocenters. The second kappa shape index (κ2) is 4.77. The van der Waals surface area contributed by atoms with Gasteiger partial charge in [0.1, 0.15) is 0 Å². The van der Waals surface area contributed by atoms with Crippen molar-refractivity contribution in [2.45, 2.75) is 44.4 Å². The number of rotatable bonds is 3. The molecule has 1 aliphatic rings. The van der Waals surface area contributed by atoms with Gasteiger partial charge in [-0.1, -0.05) is 12.8 Å². The van der Waals surface area contributed by atoms with Gasteiger partial charge < -0.3 is 10.4 Å². The number of nitrogens with one attached hydrogen (secondary N) is 1. The SMILES string of the molecule is Cn1cc(CNC2CCCCC2O)cn1. The number of aliphatic hydroxyl groups excluding tert-OH is 1. The van der Waals surface area contributed by atoms with E-state index in [2.05, 4.69) is 10.4 Å². The highest BCUT2D eigenvalue weighted by molar-refractivity contribution is 5.03. The van der Waals surface area contributed by atoms with E-state index in [4.69, 9.17) is 0 Å². The van der Waals surface area contributed by atoms with Crippen molar-refractivity contribution < 1.29 is 5.11 Å². The van der Waals surface area contributed by atoms with Gasteiger partial charge in [-0.05, 0) is 12.8 Å². The first kappa shape index (κ1) is 10.6. The molecule has 84 valence electrons. The summed E-state index contributed by atoms with van der Waals surface area (Å²) in [6.07, 6.45) is 8.10. The minimum absolute atomic E-state index is 0.171. The Morgan fingerprint density at radius 3 is 3.00 bits per heavy atom. The maximum atomic E-state index is 9.77. The number of aromatic nitrogens is 2. The van der Waals surface area contributed by atoms with E-state index in [1.165, 1.54) is 12.0 Å². The summed E-state index contributed by atoms with van der Waals surface area (Å²) in [4.78, 5) is 0. The van der Waals surface area contributed by atoms with Crippen LogP contribution in [0, 0.1) is 0 Å². The molecule has 1 fully saturated rings. The van der Waals surface area contributed by atoms with Crippen LogP contribution in [0.1, 0.15) is 31.2 Å². The number of hydrogen-bond donors (Lipinski definition) is 2. The van der Waals surface area contributed by atoms with Gasteiger partial charge in [0.15, 0.2) is 0 Å². The fraction of sp³-hybridized carbons (Fsp3) is 0.727. The van der Waals surface area contributed by atoms with Gasteiger partial charge in [-0.15, -0.1) is 0 Å². The molecule has 0 radical (unpaired) electrons. The van der Waals surface area contributed by atoms with Gasteiger partial charge in [0, 0.05) is 31.4 Å². The zero-order chi connectivity index (χ0) is 10.7. The summed E-state index contributed by atoms with van der Waals surface area (Å²) in [7, 11) is 1.92. The van der Waals surface area contributed by atoms with Crippen molar-refractivity contribution >= 4 is 0 Å². The summed E-state index contributed by atoms with van der Waals surface area (Å²) in [6.45, 7) is 0.801. The summed E-state index contributed by atoms with van der Waals surface area (Å²) >= 11 is 0. The zero-order valence-electron chi connectivity index (χ0n) is 9.19. The third kappa shape index (κ3) is 2.79. The summed E-state index contributed by atoms with van der Waals surface area (Å²) in [5.41, 5.74) is 1.18. The van der Waals surface area contributed by atoms with Crippen LogP contribution in [-0.2, 0) is 13.6 Å². The van der Waals surface area contributed by atoms with Crippen molar-refractivity contribution in [3.8, 4) is 0 Å². The largest absolute Gasteiger partial charge is 0.392 e. The van der Waals surface area contributed by atoms with E-state index in [1.807, 2.05) is 19.4 Å². The predicted octanol–water partition coefficient (Wildman–Crippen LogP) is 0.813. The molecule has 1 aliphatic carbocycles. The standard InChI is InChI=1S/C11H19N3O/c1-14-8-9(7-13-14)6-12-10-4-2-3-5-11(10)15/h7-8,10-12,15H,2-6H2,1H3. The molecule has 4 heteroatoms. The van der Waals surface area contributed by atoms with Crippen molar-refractivity contribution in [3.05, 3.63) is 18.0 Å². The van der Waals surface area contributed by atoms with E-state index in [9.17, 15) is 5.11 Å². The Hall–Kier alpha value is -0.870. The van der Waals surface area contributed by atoms with Crippen LogP contribution in [-0.4, -0.2) is 27.0 Å². The average Bonchev–Trinajstić information content (AvgIpc) is 2.63. The Kier molecular flexibility index (Phi) is 3.38. The molecular weight excluding hydrogens is 190 g/mol. The predicted molar refractivity (Wildman–Crippen MR) is 58.3 cm³/mol. The molecule has 0 spiro atoms. The fourth-order valence-electron chi connectivity index (χ4n) is 2.16. The van der Waals surface area contributed by atoms with Crippen LogP contribution < -0.4 is 5.32 Å². The van der Waals surface area contributed by atoms with Crippen LogP contribution in [0.5, 0.6) is 0 Å². The minimum atomic E-state index is -0.171. The van der Waals surface area contributed by atoms with Gasteiger partial charge in [-0.3, -0.25) is 4.68 Å². The Balaban J connectivity index is 1.81. The Bertz CT molecular complexity index is 311. The van der Waals surface area contributed by atoms with Gasteiger partial charge in [-0.25, -0.2) is 0 Å². The molecule has 0 bridgehead atoms. The molecule has 0 amide bonds. The highest BCUT2D eigenvalue weighted by Gasteiger charge is 2.22. The molecule has 2 N–H and O–H groups in total. The molecule has 2 atom stereocenters. The third-order valence-electron chi connectivity index (χ3n) is 3.06. The van der Waals surface area contributed by atoms with Crippen molar-refractivity contribution in [3.63, 3.8) is 0 Å². The van der Waals surface area contributed by atoms with Crippen molar-refractivity contribution in [2.75, 3.05) is 0 Å². The molecule has 15 heavy (non-hydrogen) atoms. The van der Waals surface area contributed by atoms with Gasteiger partial charge in [0.05, 0.1) is 12.3 Å². The van der Waals surface area contributed by atoms with E-state index in [1.54, 1.807) is 4.68 Å². The molecule has 1 aromatic heterocycles. The molecular formula is C11H19N3O. The van der Waals surface area contributed by atoms with E-state index < -0.39 is 0 Å². The number of nitrogens with zero attached hydrogens (tertiary/aromatic N) is 2. The highest BCUT2D eigenvalue weighted by atomic mass is 16.3. The van der Waals surface area contributed by atoms with Gasteiger partial charge >= 0.3 is 0 Å². The molecule has 0 aromatic carbocycles. The van der Waals surface area contributed by atoms with Crippen molar-refractivity contribution in [1.29, 1.82) is 0 Å². The molecule has 4 nitrogen and oxygen atoms in total. The maximum absolute atomic E-state index is 9.77. The van der Waals surface area contributed by atoms with Crippen molar-refractivity contribution in [2.24, 2.45) is 7.05 Å². The molecule has 1 heterocycles. The minimum Gasteiger partial charge on any atom is -0.392 e. The molecule has 2 rings (SSSR count). The van der Waals surface area contributed by atoms with E-state index in [0.29, 0.717) is 0 Å². The van der Waals surface area contributed by atoms with E-state index in [-0.39, 0.29) is 12.1 Å². The van der Waals surface area contributed by atoms with E-state index >= 15 is 0 Å². The van der Waals surface area contributed by atoms with E-state index in [0.717, 1.165) is 25.8 Å². The lowest BCUT2D eigenvalue weighted by molar-refractivity contribution is 0.0902. The summed E-state index contributed by atoms with van der Waals surface area (Å²) in [5, 5.41) is 17.3. The summed E-state index contributed by atoms with van der Waals surface area (Å²) < 4.78 is 1.80. The molecule has 0 aliphatic heterocycles. The maximum Gasteiger partial charge on any atom is 0.0693 e. The van der Waals surface area contributed by atoms with Gasteiger partial charge in [0.25, 0.3) is 0 Å². The third-order valence-corrected chi connectivity index (χ3v) is 3.06. The van der Waals surface area contributed by atoms with Crippen LogP contribution in [0.2, 0.25) is 0 Å².